The number of halogens is 1. The molecule has 1 aromatic carbocycles. The van der Waals surface area contributed by atoms with E-state index in [0.717, 1.165) is 25.7 Å². The van der Waals surface area contributed by atoms with Crippen LogP contribution in [0, 0.1) is 11.7 Å². The molecule has 0 aromatic heterocycles. The number of hydrogen-bond acceptors (Lipinski definition) is 2. The Morgan fingerprint density at radius 3 is 2.46 bits per heavy atom. The second-order valence-corrected chi connectivity index (χ2v) is 6.86. The molecule has 2 atom stereocenters. The van der Waals surface area contributed by atoms with E-state index in [1.165, 1.54) is 6.07 Å². The summed E-state index contributed by atoms with van der Waals surface area (Å²) in [7, 11) is 0. The fraction of sp³-hybridized carbons (Fsp3) is 0.579. The molecule has 1 aromatic rings. The minimum Gasteiger partial charge on any atom is -0.353 e. The third kappa shape index (κ3) is 5.62. The van der Waals surface area contributed by atoms with Gasteiger partial charge in [0.15, 0.2) is 0 Å². The molecule has 132 valence electrons. The Morgan fingerprint density at radius 1 is 1.12 bits per heavy atom. The lowest BCUT2D eigenvalue weighted by atomic mass is 10.1. The molecule has 0 spiro atoms. The number of amides is 2. The molecule has 0 aliphatic heterocycles. The van der Waals surface area contributed by atoms with Crippen LogP contribution >= 0.6 is 0 Å². The molecular weight excluding hydrogens is 307 g/mol. The molecule has 24 heavy (non-hydrogen) atoms. The second-order valence-electron chi connectivity index (χ2n) is 6.86. The van der Waals surface area contributed by atoms with E-state index in [2.05, 4.69) is 10.6 Å². The number of hydrogen-bond donors (Lipinski definition) is 2. The van der Waals surface area contributed by atoms with Gasteiger partial charge in [0.05, 0.1) is 0 Å². The highest BCUT2D eigenvalue weighted by molar-refractivity contribution is 5.81. The van der Waals surface area contributed by atoms with E-state index in [1.807, 2.05) is 13.8 Å². The van der Waals surface area contributed by atoms with Crippen molar-refractivity contribution in [2.75, 3.05) is 0 Å². The average Bonchev–Trinajstić information content (AvgIpc) is 3.03. The lowest BCUT2D eigenvalue weighted by Crippen LogP contribution is -2.42. The lowest BCUT2D eigenvalue weighted by Gasteiger charge is -2.19. The third-order valence-electron chi connectivity index (χ3n) is 4.50. The van der Waals surface area contributed by atoms with Gasteiger partial charge in [-0.25, -0.2) is 4.39 Å². The van der Waals surface area contributed by atoms with Gasteiger partial charge in [0, 0.05) is 24.4 Å². The van der Waals surface area contributed by atoms with Gasteiger partial charge in [-0.15, -0.1) is 0 Å². The molecule has 0 bridgehead atoms. The number of benzene rings is 1. The van der Waals surface area contributed by atoms with E-state index in [-0.39, 0.29) is 42.1 Å². The molecule has 1 fully saturated rings. The van der Waals surface area contributed by atoms with E-state index in [1.54, 1.807) is 18.2 Å². The Morgan fingerprint density at radius 2 is 1.79 bits per heavy atom. The first-order valence-electron chi connectivity index (χ1n) is 8.79. The Labute approximate surface area is 143 Å². The minimum absolute atomic E-state index is 0.0622. The van der Waals surface area contributed by atoms with Crippen LogP contribution in [-0.4, -0.2) is 23.9 Å². The molecular formula is C19H27FN2O2. The van der Waals surface area contributed by atoms with Crippen LogP contribution in [-0.2, 0) is 16.0 Å². The van der Waals surface area contributed by atoms with Gasteiger partial charge in [0.2, 0.25) is 11.8 Å². The Bertz CT molecular complexity index is 570. The molecule has 1 aliphatic rings. The van der Waals surface area contributed by atoms with E-state index < -0.39 is 0 Å². The van der Waals surface area contributed by atoms with E-state index in [9.17, 15) is 14.0 Å². The molecule has 4 nitrogen and oxygen atoms in total. The van der Waals surface area contributed by atoms with Crippen LogP contribution in [0.2, 0.25) is 0 Å². The predicted molar refractivity (Wildman–Crippen MR) is 91.9 cm³/mol. The van der Waals surface area contributed by atoms with Gasteiger partial charge >= 0.3 is 0 Å². The minimum atomic E-state index is -0.254. The van der Waals surface area contributed by atoms with Crippen molar-refractivity contribution in [2.45, 2.75) is 64.5 Å². The molecule has 0 radical (unpaired) electrons. The molecule has 1 aliphatic carbocycles. The van der Waals surface area contributed by atoms with Gasteiger partial charge in [0.25, 0.3) is 0 Å². The smallest absolute Gasteiger partial charge is 0.223 e. The number of nitrogens with one attached hydrogen (secondary N) is 2. The van der Waals surface area contributed by atoms with Crippen LogP contribution in [0.25, 0.3) is 0 Å². The first-order chi connectivity index (χ1) is 11.5. The summed E-state index contributed by atoms with van der Waals surface area (Å²) in [6.07, 6.45) is 4.80. The van der Waals surface area contributed by atoms with E-state index in [4.69, 9.17) is 0 Å². The summed E-state index contributed by atoms with van der Waals surface area (Å²) in [5, 5.41) is 5.80. The van der Waals surface area contributed by atoms with Gasteiger partial charge in [-0.3, -0.25) is 9.59 Å². The lowest BCUT2D eigenvalue weighted by molar-refractivity contribution is -0.126. The molecule has 2 rings (SSSR count). The predicted octanol–water partition coefficient (Wildman–Crippen LogP) is 2.96. The molecule has 0 heterocycles. The van der Waals surface area contributed by atoms with Crippen LogP contribution in [0.1, 0.15) is 51.5 Å². The largest absolute Gasteiger partial charge is 0.353 e. The fourth-order valence-electron chi connectivity index (χ4n) is 3.26. The molecule has 0 unspecified atom stereocenters. The summed E-state index contributed by atoms with van der Waals surface area (Å²) in [5.41, 5.74) is 0.591. The zero-order valence-electron chi connectivity index (χ0n) is 14.5. The Balaban J connectivity index is 1.73. The van der Waals surface area contributed by atoms with Crippen LogP contribution < -0.4 is 10.6 Å². The molecule has 1 saturated carbocycles. The van der Waals surface area contributed by atoms with Crippen molar-refractivity contribution >= 4 is 11.8 Å². The fourth-order valence-corrected chi connectivity index (χ4v) is 3.26. The summed E-state index contributed by atoms with van der Waals surface area (Å²) in [4.78, 5) is 24.1. The van der Waals surface area contributed by atoms with Crippen LogP contribution in [0.15, 0.2) is 24.3 Å². The zero-order chi connectivity index (χ0) is 17.5. The van der Waals surface area contributed by atoms with Crippen LogP contribution in [0.4, 0.5) is 4.39 Å². The summed E-state index contributed by atoms with van der Waals surface area (Å²) in [6.45, 7) is 3.69. The van der Waals surface area contributed by atoms with Crippen molar-refractivity contribution in [3.8, 4) is 0 Å². The third-order valence-corrected chi connectivity index (χ3v) is 4.50. The van der Waals surface area contributed by atoms with E-state index in [0.29, 0.717) is 12.0 Å². The maximum absolute atomic E-state index is 13.6. The van der Waals surface area contributed by atoms with Gasteiger partial charge in [-0.05, 0) is 44.7 Å². The van der Waals surface area contributed by atoms with Crippen molar-refractivity contribution in [2.24, 2.45) is 5.92 Å². The maximum Gasteiger partial charge on any atom is 0.223 e. The molecule has 5 heteroatoms. The Kier molecular flexibility index (Phi) is 6.76. The summed E-state index contributed by atoms with van der Waals surface area (Å²) in [6, 6.07) is 6.23. The summed E-state index contributed by atoms with van der Waals surface area (Å²) < 4.78 is 13.6. The highest BCUT2D eigenvalue weighted by atomic mass is 19.1. The van der Waals surface area contributed by atoms with Crippen molar-refractivity contribution in [1.29, 1.82) is 0 Å². The van der Waals surface area contributed by atoms with Gasteiger partial charge < -0.3 is 10.6 Å². The second kappa shape index (κ2) is 8.81. The van der Waals surface area contributed by atoms with Gasteiger partial charge in [0.1, 0.15) is 5.82 Å². The highest BCUT2D eigenvalue weighted by Gasteiger charge is 2.24. The highest BCUT2D eigenvalue weighted by Crippen LogP contribution is 2.24. The summed E-state index contributed by atoms with van der Waals surface area (Å²) >= 11 is 0. The average molecular weight is 334 g/mol. The van der Waals surface area contributed by atoms with E-state index >= 15 is 0 Å². The van der Waals surface area contributed by atoms with Crippen molar-refractivity contribution in [3.05, 3.63) is 35.6 Å². The normalized spacial score (nSPS) is 17.3. The molecule has 2 N–H and O–H groups in total. The Hall–Kier alpha value is -1.91. The molecule has 0 saturated heterocycles. The number of carbonyl (C=O) groups excluding carboxylic acids is 2. The van der Waals surface area contributed by atoms with Crippen LogP contribution in [0.3, 0.4) is 0 Å². The number of carbonyl (C=O) groups is 2. The monoisotopic (exact) mass is 334 g/mol. The van der Waals surface area contributed by atoms with Gasteiger partial charge in [-0.1, -0.05) is 31.0 Å². The topological polar surface area (TPSA) is 58.2 Å². The van der Waals surface area contributed by atoms with Gasteiger partial charge in [-0.2, -0.15) is 0 Å². The zero-order valence-corrected chi connectivity index (χ0v) is 14.5. The van der Waals surface area contributed by atoms with Crippen molar-refractivity contribution in [1.82, 2.24) is 10.6 Å². The molecule has 2 amide bonds. The SMILES string of the molecule is C[C@H](Cc1ccccc1F)NC(=O)C[C@@H](C)NC(=O)C1CCCC1. The van der Waals surface area contributed by atoms with Crippen molar-refractivity contribution in [3.63, 3.8) is 0 Å². The maximum atomic E-state index is 13.6. The first kappa shape index (κ1) is 18.4. The standard InChI is InChI=1S/C19H27FN2O2/c1-13(11-16-9-5-6-10-17(16)20)21-18(23)12-14(2)22-19(24)15-7-3-4-8-15/h5-6,9-10,13-15H,3-4,7-8,11-12H2,1-2H3,(H,21,23)(H,22,24)/t13-,14-/m1/s1. The van der Waals surface area contributed by atoms with Crippen LogP contribution in [0.5, 0.6) is 0 Å². The van der Waals surface area contributed by atoms with Crippen molar-refractivity contribution < 1.29 is 14.0 Å². The number of rotatable bonds is 7. The summed E-state index contributed by atoms with van der Waals surface area (Å²) in [5.74, 6) is -0.212. The quantitative estimate of drug-likeness (QED) is 0.805. The first-order valence-corrected chi connectivity index (χ1v) is 8.79.